The Balaban J connectivity index is 2.01. The van der Waals surface area contributed by atoms with Crippen LogP contribution in [0.4, 0.5) is 13.2 Å². The minimum atomic E-state index is -4.19. The predicted molar refractivity (Wildman–Crippen MR) is 66.2 cm³/mol. The van der Waals surface area contributed by atoms with Gasteiger partial charge < -0.3 is 5.73 Å². The summed E-state index contributed by atoms with van der Waals surface area (Å²) in [7, 11) is 0. The quantitative estimate of drug-likeness (QED) is 0.857. The van der Waals surface area contributed by atoms with Gasteiger partial charge in [0.2, 0.25) is 0 Å². The van der Waals surface area contributed by atoms with Crippen molar-refractivity contribution in [1.29, 1.82) is 0 Å². The van der Waals surface area contributed by atoms with Crippen LogP contribution in [0, 0.1) is 0 Å². The van der Waals surface area contributed by atoms with E-state index in [-0.39, 0.29) is 6.42 Å². The highest BCUT2D eigenvalue weighted by Crippen LogP contribution is 2.30. The van der Waals surface area contributed by atoms with Crippen LogP contribution in [0.25, 0.3) is 0 Å². The second kappa shape index (κ2) is 5.71. The van der Waals surface area contributed by atoms with Crippen LogP contribution in [-0.2, 0) is 13.1 Å². The van der Waals surface area contributed by atoms with E-state index in [1.165, 1.54) is 6.08 Å². The van der Waals surface area contributed by atoms with E-state index in [0.717, 1.165) is 11.3 Å². The first-order chi connectivity index (χ1) is 9.00. The maximum absolute atomic E-state index is 12.5. The van der Waals surface area contributed by atoms with Gasteiger partial charge >= 0.3 is 6.18 Å². The number of hydrogen-bond donors (Lipinski definition) is 1. The first kappa shape index (κ1) is 14.0. The zero-order valence-corrected chi connectivity index (χ0v) is 10.5. The third-order valence-electron chi connectivity index (χ3n) is 3.23. The maximum Gasteiger partial charge on any atom is 0.412 e. The van der Waals surface area contributed by atoms with Crippen LogP contribution >= 0.6 is 0 Å². The van der Waals surface area contributed by atoms with E-state index in [1.54, 1.807) is 6.20 Å². The number of nitrogens with zero attached hydrogens (tertiary/aromatic N) is 2. The monoisotopic (exact) mass is 271 g/mol. The first-order valence-corrected chi connectivity index (χ1v) is 6.12. The van der Waals surface area contributed by atoms with Gasteiger partial charge in [-0.1, -0.05) is 12.1 Å². The summed E-state index contributed by atoms with van der Waals surface area (Å²) in [5, 5.41) is 0. The zero-order chi connectivity index (χ0) is 13.9. The summed E-state index contributed by atoms with van der Waals surface area (Å²) in [5.41, 5.74) is 6.95. The highest BCUT2D eigenvalue weighted by molar-refractivity contribution is 5.20. The van der Waals surface area contributed by atoms with Crippen molar-refractivity contribution in [2.24, 2.45) is 5.73 Å². The summed E-state index contributed by atoms with van der Waals surface area (Å²) < 4.78 is 37.5. The van der Waals surface area contributed by atoms with Crippen molar-refractivity contribution >= 4 is 0 Å². The smallest absolute Gasteiger partial charge is 0.325 e. The van der Waals surface area contributed by atoms with E-state index in [4.69, 9.17) is 5.73 Å². The lowest BCUT2D eigenvalue weighted by atomic mass is 10.1. The van der Waals surface area contributed by atoms with Crippen LogP contribution in [-0.4, -0.2) is 29.1 Å². The topological polar surface area (TPSA) is 42.1 Å². The van der Waals surface area contributed by atoms with Gasteiger partial charge in [-0.25, -0.2) is 0 Å². The van der Waals surface area contributed by atoms with Gasteiger partial charge in [-0.2, -0.15) is 13.2 Å². The average Bonchev–Trinajstić information content (AvgIpc) is 2.39. The van der Waals surface area contributed by atoms with Crippen molar-refractivity contribution in [1.82, 2.24) is 9.88 Å². The zero-order valence-electron chi connectivity index (χ0n) is 10.5. The molecule has 0 radical (unpaired) electrons. The van der Waals surface area contributed by atoms with Crippen molar-refractivity contribution in [2.75, 3.05) is 13.1 Å². The second-order valence-corrected chi connectivity index (χ2v) is 4.53. The molecule has 1 aromatic heterocycles. The fourth-order valence-electron chi connectivity index (χ4n) is 2.15. The largest absolute Gasteiger partial charge is 0.412 e. The Hall–Kier alpha value is -1.40. The first-order valence-electron chi connectivity index (χ1n) is 6.12. The molecule has 0 saturated carbocycles. The van der Waals surface area contributed by atoms with Crippen molar-refractivity contribution in [3.05, 3.63) is 41.2 Å². The summed E-state index contributed by atoms with van der Waals surface area (Å²) in [6.07, 6.45) is -1.21. The van der Waals surface area contributed by atoms with Gasteiger partial charge in [-0.3, -0.25) is 9.88 Å². The molecule has 0 saturated heterocycles. The van der Waals surface area contributed by atoms with E-state index in [9.17, 15) is 13.2 Å². The van der Waals surface area contributed by atoms with Gasteiger partial charge in [0, 0.05) is 37.9 Å². The normalized spacial score (nSPS) is 17.4. The van der Waals surface area contributed by atoms with Gasteiger partial charge in [-0.05, 0) is 18.1 Å². The molecule has 2 rings (SSSR count). The number of halogens is 3. The molecule has 6 heteroatoms. The molecule has 0 aliphatic carbocycles. The summed E-state index contributed by atoms with van der Waals surface area (Å²) in [6, 6.07) is 3.73. The van der Waals surface area contributed by atoms with Crippen LogP contribution < -0.4 is 5.73 Å². The van der Waals surface area contributed by atoms with E-state index in [1.807, 2.05) is 17.0 Å². The van der Waals surface area contributed by atoms with Gasteiger partial charge in [0.1, 0.15) is 0 Å². The molecular formula is C13H16F3N3. The molecule has 0 aromatic carbocycles. The van der Waals surface area contributed by atoms with Gasteiger partial charge in [0.15, 0.2) is 0 Å². The molecule has 0 spiro atoms. The van der Waals surface area contributed by atoms with E-state index in [0.29, 0.717) is 26.2 Å². The number of alkyl halides is 3. The van der Waals surface area contributed by atoms with Crippen LogP contribution in [0.1, 0.15) is 17.7 Å². The van der Waals surface area contributed by atoms with Gasteiger partial charge in [0.05, 0.1) is 5.69 Å². The molecule has 1 aliphatic heterocycles. The molecule has 0 bridgehead atoms. The minimum absolute atomic E-state index is 0.0434. The standard InChI is InChI=1S/C13H16F3N3/c14-13(15,16)11-3-6-19(7-4-11)9-10-2-1-5-18-12(10)8-17/h1-3,5H,4,6-9,17H2. The molecule has 1 aromatic rings. The maximum atomic E-state index is 12.5. The Bertz CT molecular complexity index is 468. The highest BCUT2D eigenvalue weighted by atomic mass is 19.4. The van der Waals surface area contributed by atoms with Crippen molar-refractivity contribution in [3.8, 4) is 0 Å². The SMILES string of the molecule is NCc1ncccc1CN1CC=C(C(F)(F)F)CC1. The molecule has 2 heterocycles. The summed E-state index contributed by atoms with van der Waals surface area (Å²) >= 11 is 0. The van der Waals surface area contributed by atoms with Crippen molar-refractivity contribution < 1.29 is 13.2 Å². The van der Waals surface area contributed by atoms with E-state index >= 15 is 0 Å². The van der Waals surface area contributed by atoms with Crippen LogP contribution in [0.15, 0.2) is 30.0 Å². The Kier molecular flexibility index (Phi) is 4.21. The summed E-state index contributed by atoms with van der Waals surface area (Å²) in [6.45, 7) is 1.65. The molecule has 0 atom stereocenters. The third-order valence-corrected chi connectivity index (χ3v) is 3.23. The molecule has 104 valence electrons. The molecule has 2 N–H and O–H groups in total. The lowest BCUT2D eigenvalue weighted by Gasteiger charge is -2.27. The van der Waals surface area contributed by atoms with Crippen molar-refractivity contribution in [2.45, 2.75) is 25.7 Å². The number of aromatic nitrogens is 1. The molecule has 3 nitrogen and oxygen atoms in total. The van der Waals surface area contributed by atoms with Gasteiger partial charge in [0.25, 0.3) is 0 Å². The average molecular weight is 271 g/mol. The van der Waals surface area contributed by atoms with E-state index < -0.39 is 11.7 Å². The molecule has 0 fully saturated rings. The Morgan fingerprint density at radius 2 is 2.16 bits per heavy atom. The lowest BCUT2D eigenvalue weighted by molar-refractivity contribution is -0.0960. The fraction of sp³-hybridized carbons (Fsp3) is 0.462. The third kappa shape index (κ3) is 3.54. The molecular weight excluding hydrogens is 255 g/mol. The second-order valence-electron chi connectivity index (χ2n) is 4.53. The van der Waals surface area contributed by atoms with Gasteiger partial charge in [-0.15, -0.1) is 0 Å². The summed E-state index contributed by atoms with van der Waals surface area (Å²) in [4.78, 5) is 6.13. The Labute approximate surface area is 109 Å². The summed E-state index contributed by atoms with van der Waals surface area (Å²) in [5.74, 6) is 0. The number of rotatable bonds is 3. The Morgan fingerprint density at radius 3 is 2.74 bits per heavy atom. The minimum Gasteiger partial charge on any atom is -0.325 e. The Morgan fingerprint density at radius 1 is 1.37 bits per heavy atom. The van der Waals surface area contributed by atoms with Crippen LogP contribution in [0.3, 0.4) is 0 Å². The number of nitrogens with two attached hydrogens (primary N) is 1. The number of hydrogen-bond acceptors (Lipinski definition) is 3. The highest BCUT2D eigenvalue weighted by Gasteiger charge is 2.34. The molecule has 1 aliphatic rings. The molecule has 0 unspecified atom stereocenters. The fourth-order valence-corrected chi connectivity index (χ4v) is 2.15. The van der Waals surface area contributed by atoms with E-state index in [2.05, 4.69) is 4.98 Å². The molecule has 0 amide bonds. The van der Waals surface area contributed by atoms with Crippen LogP contribution in [0.2, 0.25) is 0 Å². The lowest BCUT2D eigenvalue weighted by Crippen LogP contribution is -2.32. The van der Waals surface area contributed by atoms with Crippen molar-refractivity contribution in [3.63, 3.8) is 0 Å². The number of pyridine rings is 1. The predicted octanol–water partition coefficient (Wildman–Crippen LogP) is 2.23. The molecule has 19 heavy (non-hydrogen) atoms. The van der Waals surface area contributed by atoms with Crippen LogP contribution in [0.5, 0.6) is 0 Å².